The molecule has 3 heterocycles. The molecule has 0 atom stereocenters. The number of hydrogen-bond donors (Lipinski definition) is 0. The van der Waals surface area contributed by atoms with Gasteiger partial charge in [0.2, 0.25) is 10.0 Å². The number of piperazine rings is 1. The molecule has 8 nitrogen and oxygen atoms in total. The highest BCUT2D eigenvalue weighted by atomic mass is 32.2. The SMILES string of the molecule is Cc1ccn(-c2cc(N3CCN(S(=O)(=O)Cc4cc(F)ccc4F)CC3)ncn2)n1. The van der Waals surface area contributed by atoms with Crippen LogP contribution in [0.3, 0.4) is 0 Å². The number of nitrogens with zero attached hydrogens (tertiary/aromatic N) is 6. The summed E-state index contributed by atoms with van der Waals surface area (Å²) >= 11 is 0. The van der Waals surface area contributed by atoms with Gasteiger partial charge in [0.25, 0.3) is 0 Å². The average molecular weight is 434 g/mol. The normalized spacial score (nSPS) is 15.5. The van der Waals surface area contributed by atoms with Crippen molar-refractivity contribution in [3.05, 3.63) is 65.7 Å². The number of benzene rings is 1. The zero-order chi connectivity index (χ0) is 21.3. The Hall–Kier alpha value is -2.92. The van der Waals surface area contributed by atoms with Gasteiger partial charge in [-0.3, -0.25) is 0 Å². The first-order valence-corrected chi connectivity index (χ1v) is 10.9. The molecule has 1 saturated heterocycles. The summed E-state index contributed by atoms with van der Waals surface area (Å²) in [4.78, 5) is 10.5. The zero-order valence-electron chi connectivity index (χ0n) is 16.2. The van der Waals surface area contributed by atoms with E-state index in [4.69, 9.17) is 0 Å². The number of sulfonamides is 1. The maximum absolute atomic E-state index is 13.9. The van der Waals surface area contributed by atoms with Gasteiger partial charge in [-0.25, -0.2) is 31.8 Å². The van der Waals surface area contributed by atoms with Crippen LogP contribution in [0.2, 0.25) is 0 Å². The standard InChI is InChI=1S/C19H20F2N6O2S/c1-14-4-5-27(24-14)19-11-18(22-13-23-19)25-6-8-26(9-7-25)30(28,29)12-15-10-16(20)2-3-17(15)21/h2-5,10-11,13H,6-9,12H2,1H3. The quantitative estimate of drug-likeness (QED) is 0.610. The number of hydrogen-bond acceptors (Lipinski definition) is 6. The fraction of sp³-hybridized carbons (Fsp3) is 0.316. The van der Waals surface area contributed by atoms with Crippen molar-refractivity contribution in [2.75, 3.05) is 31.1 Å². The van der Waals surface area contributed by atoms with Crippen molar-refractivity contribution >= 4 is 15.8 Å². The monoisotopic (exact) mass is 434 g/mol. The molecule has 0 radical (unpaired) electrons. The van der Waals surface area contributed by atoms with Gasteiger partial charge in [0.05, 0.1) is 11.4 Å². The lowest BCUT2D eigenvalue weighted by Crippen LogP contribution is -2.49. The molecule has 3 aromatic rings. The van der Waals surface area contributed by atoms with E-state index in [1.54, 1.807) is 16.9 Å². The van der Waals surface area contributed by atoms with Gasteiger partial charge < -0.3 is 4.90 Å². The topological polar surface area (TPSA) is 84.2 Å². The number of rotatable bonds is 5. The summed E-state index contributed by atoms with van der Waals surface area (Å²) in [5.41, 5.74) is 0.691. The Kier molecular flexibility index (Phi) is 5.48. The number of halogens is 2. The molecule has 0 unspecified atom stereocenters. The molecule has 1 aromatic carbocycles. The first-order valence-electron chi connectivity index (χ1n) is 9.33. The minimum absolute atomic E-state index is 0.174. The minimum Gasteiger partial charge on any atom is -0.354 e. The second-order valence-electron chi connectivity index (χ2n) is 7.01. The molecule has 11 heteroatoms. The number of anilines is 1. The smallest absolute Gasteiger partial charge is 0.218 e. The van der Waals surface area contributed by atoms with Crippen LogP contribution < -0.4 is 4.90 Å². The molecule has 0 bridgehead atoms. The highest BCUT2D eigenvalue weighted by Gasteiger charge is 2.28. The van der Waals surface area contributed by atoms with E-state index >= 15 is 0 Å². The van der Waals surface area contributed by atoms with Crippen molar-refractivity contribution in [1.82, 2.24) is 24.1 Å². The molecule has 0 aliphatic carbocycles. The zero-order valence-corrected chi connectivity index (χ0v) is 17.1. The summed E-state index contributed by atoms with van der Waals surface area (Å²) in [7, 11) is -3.78. The van der Waals surface area contributed by atoms with Crippen molar-refractivity contribution in [2.45, 2.75) is 12.7 Å². The van der Waals surface area contributed by atoms with Crippen molar-refractivity contribution in [3.63, 3.8) is 0 Å². The van der Waals surface area contributed by atoms with Gasteiger partial charge in [-0.05, 0) is 31.2 Å². The maximum atomic E-state index is 13.9. The van der Waals surface area contributed by atoms with E-state index in [1.807, 2.05) is 17.9 Å². The third kappa shape index (κ3) is 4.31. The van der Waals surface area contributed by atoms with E-state index in [0.717, 1.165) is 23.9 Å². The molecular formula is C19H20F2N6O2S. The highest BCUT2D eigenvalue weighted by Crippen LogP contribution is 2.20. The van der Waals surface area contributed by atoms with Gasteiger partial charge in [0, 0.05) is 44.0 Å². The third-order valence-electron chi connectivity index (χ3n) is 4.90. The second kappa shape index (κ2) is 8.07. The van der Waals surface area contributed by atoms with E-state index in [-0.39, 0.29) is 18.7 Å². The average Bonchev–Trinajstić information content (AvgIpc) is 3.17. The summed E-state index contributed by atoms with van der Waals surface area (Å²) in [5, 5.41) is 4.33. The Morgan fingerprint density at radius 1 is 1.00 bits per heavy atom. The number of aryl methyl sites for hydroxylation is 1. The van der Waals surface area contributed by atoms with Crippen LogP contribution in [0.4, 0.5) is 14.6 Å². The first kappa shape index (κ1) is 20.4. The highest BCUT2D eigenvalue weighted by molar-refractivity contribution is 7.88. The number of aromatic nitrogens is 4. The molecule has 158 valence electrons. The van der Waals surface area contributed by atoms with Gasteiger partial charge >= 0.3 is 0 Å². The van der Waals surface area contributed by atoms with Crippen LogP contribution in [0.25, 0.3) is 5.82 Å². The molecule has 0 saturated carbocycles. The Bertz CT molecular complexity index is 1160. The van der Waals surface area contributed by atoms with Crippen molar-refractivity contribution in [1.29, 1.82) is 0 Å². The van der Waals surface area contributed by atoms with E-state index in [2.05, 4.69) is 15.1 Å². The molecule has 2 aromatic heterocycles. The van der Waals surface area contributed by atoms with E-state index in [0.29, 0.717) is 24.7 Å². The van der Waals surface area contributed by atoms with Crippen LogP contribution in [0, 0.1) is 18.6 Å². The Balaban J connectivity index is 1.44. The summed E-state index contributed by atoms with van der Waals surface area (Å²) in [6.07, 6.45) is 3.25. The molecule has 0 spiro atoms. The largest absolute Gasteiger partial charge is 0.354 e. The molecule has 30 heavy (non-hydrogen) atoms. The van der Waals surface area contributed by atoms with Crippen LogP contribution in [0.5, 0.6) is 0 Å². The summed E-state index contributed by atoms with van der Waals surface area (Å²) < 4.78 is 55.5. The van der Waals surface area contributed by atoms with Gasteiger partial charge in [-0.15, -0.1) is 0 Å². The fourth-order valence-electron chi connectivity index (χ4n) is 3.32. The summed E-state index contributed by atoms with van der Waals surface area (Å²) in [6, 6.07) is 6.48. The van der Waals surface area contributed by atoms with Crippen LogP contribution in [0.15, 0.2) is 42.9 Å². The molecule has 1 fully saturated rings. The molecule has 4 rings (SSSR count). The second-order valence-corrected chi connectivity index (χ2v) is 8.98. The van der Waals surface area contributed by atoms with Crippen molar-refractivity contribution in [3.8, 4) is 5.82 Å². The lowest BCUT2D eigenvalue weighted by molar-refractivity contribution is 0.382. The van der Waals surface area contributed by atoms with E-state index in [1.165, 1.54) is 10.6 Å². The molecular weight excluding hydrogens is 414 g/mol. The predicted molar refractivity (Wildman–Crippen MR) is 107 cm³/mol. The summed E-state index contributed by atoms with van der Waals surface area (Å²) in [5.74, 6) is -0.696. The van der Waals surface area contributed by atoms with Crippen LogP contribution in [-0.4, -0.2) is 58.7 Å². The van der Waals surface area contributed by atoms with Gasteiger partial charge in [-0.1, -0.05) is 0 Å². The Labute approximate surface area is 172 Å². The first-order chi connectivity index (χ1) is 14.3. The van der Waals surface area contributed by atoms with Crippen LogP contribution >= 0.6 is 0 Å². The lowest BCUT2D eigenvalue weighted by atomic mass is 10.2. The summed E-state index contributed by atoms with van der Waals surface area (Å²) in [6.45, 7) is 3.16. The fourth-order valence-corrected chi connectivity index (χ4v) is 4.83. The van der Waals surface area contributed by atoms with Crippen LogP contribution in [0.1, 0.15) is 11.3 Å². The van der Waals surface area contributed by atoms with Gasteiger partial charge in [0.15, 0.2) is 5.82 Å². The Morgan fingerprint density at radius 2 is 1.73 bits per heavy atom. The van der Waals surface area contributed by atoms with E-state index in [9.17, 15) is 17.2 Å². The van der Waals surface area contributed by atoms with Crippen LogP contribution in [-0.2, 0) is 15.8 Å². The lowest BCUT2D eigenvalue weighted by Gasteiger charge is -2.34. The van der Waals surface area contributed by atoms with Crippen molar-refractivity contribution < 1.29 is 17.2 Å². The van der Waals surface area contributed by atoms with Gasteiger partial charge in [-0.2, -0.15) is 9.40 Å². The molecule has 1 aliphatic heterocycles. The predicted octanol–water partition coefficient (Wildman–Crippen LogP) is 1.90. The van der Waals surface area contributed by atoms with E-state index < -0.39 is 27.4 Å². The minimum atomic E-state index is -3.78. The molecule has 1 aliphatic rings. The maximum Gasteiger partial charge on any atom is 0.218 e. The third-order valence-corrected chi connectivity index (χ3v) is 6.72. The van der Waals surface area contributed by atoms with Gasteiger partial charge in [0.1, 0.15) is 23.8 Å². The Morgan fingerprint density at radius 3 is 2.43 bits per heavy atom. The molecule has 0 amide bonds. The van der Waals surface area contributed by atoms with Crippen molar-refractivity contribution in [2.24, 2.45) is 0 Å². The molecule has 0 N–H and O–H groups in total.